The number of halogens is 1. The van der Waals surface area contributed by atoms with Crippen LogP contribution in [-0.2, 0) is 7.05 Å². The highest BCUT2D eigenvalue weighted by atomic mass is 35.5. The number of carbonyl (C=O) groups is 1. The molecule has 0 fully saturated rings. The molecule has 0 radical (unpaired) electrons. The van der Waals surface area contributed by atoms with Gasteiger partial charge in [0.15, 0.2) is 0 Å². The molecule has 106 valence electrons. The molecule has 0 aliphatic heterocycles. The van der Waals surface area contributed by atoms with Crippen LogP contribution in [0.25, 0.3) is 10.9 Å². The predicted molar refractivity (Wildman–Crippen MR) is 87.1 cm³/mol. The van der Waals surface area contributed by atoms with Gasteiger partial charge in [0.05, 0.1) is 0 Å². The summed E-state index contributed by atoms with van der Waals surface area (Å²) in [6, 6.07) is 15.3. The Kier molecular flexibility index (Phi) is 3.43. The second-order valence-electron chi connectivity index (χ2n) is 5.01. The van der Waals surface area contributed by atoms with E-state index in [1.165, 1.54) is 0 Å². The second kappa shape index (κ2) is 5.26. The van der Waals surface area contributed by atoms with Gasteiger partial charge in [0.25, 0.3) is 5.91 Å². The highest BCUT2D eigenvalue weighted by molar-refractivity contribution is 6.31. The van der Waals surface area contributed by atoms with Crippen molar-refractivity contribution in [2.75, 3.05) is 5.32 Å². The molecule has 0 spiro atoms. The van der Waals surface area contributed by atoms with Gasteiger partial charge in [-0.2, -0.15) is 0 Å². The predicted octanol–water partition coefficient (Wildman–Crippen LogP) is 4.39. The van der Waals surface area contributed by atoms with Crippen LogP contribution in [0.4, 0.5) is 5.69 Å². The minimum absolute atomic E-state index is 0.140. The van der Waals surface area contributed by atoms with Crippen LogP contribution in [0.15, 0.2) is 48.5 Å². The third kappa shape index (κ3) is 2.41. The van der Waals surface area contributed by atoms with Crippen LogP contribution in [0.2, 0.25) is 5.02 Å². The molecule has 3 aromatic rings. The van der Waals surface area contributed by atoms with Crippen molar-refractivity contribution in [1.29, 1.82) is 0 Å². The number of rotatable bonds is 2. The van der Waals surface area contributed by atoms with Crippen molar-refractivity contribution in [3.8, 4) is 0 Å². The number of anilines is 1. The number of aromatic nitrogens is 1. The fraction of sp³-hybridized carbons (Fsp3) is 0.118. The van der Waals surface area contributed by atoms with Gasteiger partial charge in [0.2, 0.25) is 0 Å². The summed E-state index contributed by atoms with van der Waals surface area (Å²) in [7, 11) is 1.89. The Morgan fingerprint density at radius 1 is 1.14 bits per heavy atom. The average Bonchev–Trinajstić information content (AvgIpc) is 2.82. The Hall–Kier alpha value is -2.26. The van der Waals surface area contributed by atoms with Crippen LogP contribution in [-0.4, -0.2) is 10.5 Å². The molecule has 0 atom stereocenters. The Morgan fingerprint density at radius 3 is 2.67 bits per heavy atom. The largest absolute Gasteiger partial charge is 0.340 e. The van der Waals surface area contributed by atoms with Crippen LogP contribution >= 0.6 is 11.6 Å². The summed E-state index contributed by atoms with van der Waals surface area (Å²) in [6.07, 6.45) is 0. The number of benzene rings is 2. The molecule has 1 aromatic heterocycles. The number of nitrogens with zero attached hydrogens (tertiary/aromatic N) is 1. The molecule has 1 amide bonds. The lowest BCUT2D eigenvalue weighted by Crippen LogP contribution is -2.16. The maximum absolute atomic E-state index is 12.5. The van der Waals surface area contributed by atoms with Crippen molar-refractivity contribution in [2.24, 2.45) is 7.05 Å². The van der Waals surface area contributed by atoms with E-state index in [-0.39, 0.29) is 5.91 Å². The van der Waals surface area contributed by atoms with Gasteiger partial charge >= 0.3 is 0 Å². The van der Waals surface area contributed by atoms with E-state index in [1.54, 1.807) is 0 Å². The Bertz CT molecular complexity index is 836. The molecule has 2 aromatic carbocycles. The van der Waals surface area contributed by atoms with Crippen LogP contribution in [0.1, 0.15) is 16.1 Å². The third-order valence-electron chi connectivity index (χ3n) is 3.70. The van der Waals surface area contributed by atoms with E-state index in [0.29, 0.717) is 10.7 Å². The van der Waals surface area contributed by atoms with E-state index in [4.69, 9.17) is 11.6 Å². The zero-order chi connectivity index (χ0) is 15.0. The van der Waals surface area contributed by atoms with Gasteiger partial charge in [-0.25, -0.2) is 0 Å². The molecule has 3 rings (SSSR count). The number of hydrogen-bond donors (Lipinski definition) is 1. The number of nitrogens with one attached hydrogen (secondary N) is 1. The van der Waals surface area contributed by atoms with Gasteiger partial charge in [0.1, 0.15) is 5.69 Å². The summed E-state index contributed by atoms with van der Waals surface area (Å²) in [6.45, 7) is 1.89. The van der Waals surface area contributed by atoms with Crippen LogP contribution < -0.4 is 5.32 Å². The van der Waals surface area contributed by atoms with Crippen molar-refractivity contribution >= 4 is 34.1 Å². The molecule has 3 nitrogen and oxygen atoms in total. The SMILES string of the molecule is Cc1c(Cl)cccc1NC(=O)c1cc2ccccc2n1C. The molecule has 0 aliphatic carbocycles. The molecular weight excluding hydrogens is 284 g/mol. The van der Waals surface area contributed by atoms with Gasteiger partial charge in [0, 0.05) is 28.7 Å². The first-order chi connectivity index (χ1) is 10.1. The van der Waals surface area contributed by atoms with Crippen LogP contribution in [0, 0.1) is 6.92 Å². The third-order valence-corrected chi connectivity index (χ3v) is 4.11. The van der Waals surface area contributed by atoms with Crippen molar-refractivity contribution < 1.29 is 4.79 Å². The van der Waals surface area contributed by atoms with E-state index in [1.807, 2.05) is 67.1 Å². The first-order valence-electron chi connectivity index (χ1n) is 6.69. The quantitative estimate of drug-likeness (QED) is 0.748. The lowest BCUT2D eigenvalue weighted by atomic mass is 10.2. The maximum Gasteiger partial charge on any atom is 0.272 e. The number of para-hydroxylation sites is 1. The summed E-state index contributed by atoms with van der Waals surface area (Å²) in [5, 5.41) is 4.62. The molecule has 0 bridgehead atoms. The van der Waals surface area contributed by atoms with Gasteiger partial charge in [-0.1, -0.05) is 35.9 Å². The molecule has 0 saturated heterocycles. The standard InChI is InChI=1S/C17H15ClN2O/c1-11-13(18)7-5-8-14(11)19-17(21)16-10-12-6-3-4-9-15(12)20(16)2/h3-10H,1-2H3,(H,19,21). The number of amides is 1. The molecule has 1 N–H and O–H groups in total. The topological polar surface area (TPSA) is 34.0 Å². The molecule has 1 heterocycles. The second-order valence-corrected chi connectivity index (χ2v) is 5.42. The molecular formula is C17H15ClN2O. The number of carbonyl (C=O) groups excluding carboxylic acids is 1. The van der Waals surface area contributed by atoms with Crippen molar-refractivity contribution in [3.05, 3.63) is 64.8 Å². The Balaban J connectivity index is 1.97. The van der Waals surface area contributed by atoms with Crippen molar-refractivity contribution in [1.82, 2.24) is 4.57 Å². The summed E-state index contributed by atoms with van der Waals surface area (Å²) in [5.41, 5.74) is 3.25. The highest BCUT2D eigenvalue weighted by Crippen LogP contribution is 2.24. The van der Waals surface area contributed by atoms with E-state index in [9.17, 15) is 4.79 Å². The van der Waals surface area contributed by atoms with Crippen LogP contribution in [0.5, 0.6) is 0 Å². The van der Waals surface area contributed by atoms with Crippen molar-refractivity contribution in [3.63, 3.8) is 0 Å². The van der Waals surface area contributed by atoms with Gasteiger partial charge < -0.3 is 9.88 Å². The summed E-state index contributed by atoms with van der Waals surface area (Å²) >= 11 is 6.08. The minimum atomic E-state index is -0.140. The van der Waals surface area contributed by atoms with Gasteiger partial charge in [-0.15, -0.1) is 0 Å². The Morgan fingerprint density at radius 2 is 1.90 bits per heavy atom. The van der Waals surface area contributed by atoms with Gasteiger partial charge in [-0.05, 0) is 36.8 Å². The zero-order valence-corrected chi connectivity index (χ0v) is 12.6. The summed E-state index contributed by atoms with van der Waals surface area (Å²) < 4.78 is 1.89. The number of aryl methyl sites for hydroxylation is 1. The number of fused-ring (bicyclic) bond motifs is 1. The highest BCUT2D eigenvalue weighted by Gasteiger charge is 2.14. The molecule has 0 aliphatic rings. The fourth-order valence-electron chi connectivity index (χ4n) is 2.44. The van der Waals surface area contributed by atoms with E-state index in [0.717, 1.165) is 22.2 Å². The molecule has 0 saturated carbocycles. The van der Waals surface area contributed by atoms with Gasteiger partial charge in [-0.3, -0.25) is 4.79 Å². The van der Waals surface area contributed by atoms with Crippen molar-refractivity contribution in [2.45, 2.75) is 6.92 Å². The maximum atomic E-state index is 12.5. The molecule has 21 heavy (non-hydrogen) atoms. The van der Waals surface area contributed by atoms with E-state index < -0.39 is 0 Å². The molecule has 0 unspecified atom stereocenters. The lowest BCUT2D eigenvalue weighted by Gasteiger charge is -2.10. The molecule has 4 heteroatoms. The first kappa shape index (κ1) is 13.7. The number of hydrogen-bond acceptors (Lipinski definition) is 1. The first-order valence-corrected chi connectivity index (χ1v) is 7.06. The monoisotopic (exact) mass is 298 g/mol. The van der Waals surface area contributed by atoms with Crippen LogP contribution in [0.3, 0.4) is 0 Å². The lowest BCUT2D eigenvalue weighted by molar-refractivity contribution is 0.101. The fourth-order valence-corrected chi connectivity index (χ4v) is 2.61. The van der Waals surface area contributed by atoms with E-state index >= 15 is 0 Å². The van der Waals surface area contributed by atoms with E-state index in [2.05, 4.69) is 5.32 Å². The average molecular weight is 299 g/mol. The zero-order valence-electron chi connectivity index (χ0n) is 11.9. The smallest absolute Gasteiger partial charge is 0.272 e. The Labute approximate surface area is 128 Å². The summed E-state index contributed by atoms with van der Waals surface area (Å²) in [5.74, 6) is -0.140. The normalized spacial score (nSPS) is 10.8. The summed E-state index contributed by atoms with van der Waals surface area (Å²) in [4.78, 5) is 12.5. The minimum Gasteiger partial charge on any atom is -0.340 e.